The van der Waals surface area contributed by atoms with E-state index in [0.717, 1.165) is 0 Å². The fraction of sp³-hybridized carbons (Fsp3) is 0.833. The molecule has 1 heterocycles. The lowest BCUT2D eigenvalue weighted by Crippen LogP contribution is -2.19. The lowest BCUT2D eigenvalue weighted by atomic mass is 10.3. The van der Waals surface area contributed by atoms with E-state index in [4.69, 9.17) is 9.47 Å². The van der Waals surface area contributed by atoms with Gasteiger partial charge in [0.05, 0.1) is 11.2 Å². The average Bonchev–Trinajstić information content (AvgIpc) is 2.13. The molecule has 0 bridgehead atoms. The molecule has 0 amide bonds. The number of carbonyl (C=O) groups excluding carboxylic acids is 1. The van der Waals surface area contributed by atoms with Crippen molar-refractivity contribution in [1.29, 1.82) is 0 Å². The highest BCUT2D eigenvalue weighted by molar-refractivity contribution is 9.09. The van der Waals surface area contributed by atoms with Gasteiger partial charge >= 0.3 is 5.97 Å². The molecule has 0 saturated carbocycles. The Hall–Kier alpha value is -0.0900. The molecule has 58 valence electrons. The minimum Gasteiger partial charge on any atom is -0.434 e. The van der Waals surface area contributed by atoms with Crippen LogP contribution in [0.4, 0.5) is 0 Å². The lowest BCUT2D eigenvalue weighted by molar-refractivity contribution is -0.160. The summed E-state index contributed by atoms with van der Waals surface area (Å²) in [7, 11) is 0. The minimum absolute atomic E-state index is 0.0277. The SMILES string of the molecule is CCOC1OC(=O)CC1Br. The molecule has 1 fully saturated rings. The van der Waals surface area contributed by atoms with Crippen molar-refractivity contribution in [3.05, 3.63) is 0 Å². The molecule has 1 aliphatic rings. The number of carbonyl (C=O) groups is 1. The Bertz CT molecular complexity index is 137. The van der Waals surface area contributed by atoms with Crippen LogP contribution in [0.2, 0.25) is 0 Å². The van der Waals surface area contributed by atoms with Gasteiger partial charge in [0.1, 0.15) is 0 Å². The largest absolute Gasteiger partial charge is 0.434 e. The third-order valence-electron chi connectivity index (χ3n) is 1.24. The molecule has 4 heteroatoms. The molecule has 1 aliphatic heterocycles. The van der Waals surface area contributed by atoms with E-state index in [1.54, 1.807) is 0 Å². The van der Waals surface area contributed by atoms with Crippen LogP contribution in [0.5, 0.6) is 0 Å². The van der Waals surface area contributed by atoms with E-state index in [1.807, 2.05) is 6.92 Å². The number of rotatable bonds is 2. The fourth-order valence-corrected chi connectivity index (χ4v) is 1.33. The highest BCUT2D eigenvalue weighted by Crippen LogP contribution is 2.22. The first-order valence-corrected chi connectivity index (χ1v) is 4.10. The van der Waals surface area contributed by atoms with Crippen LogP contribution in [0.15, 0.2) is 0 Å². The van der Waals surface area contributed by atoms with Crippen LogP contribution in [0.3, 0.4) is 0 Å². The summed E-state index contributed by atoms with van der Waals surface area (Å²) in [5.41, 5.74) is 0. The van der Waals surface area contributed by atoms with Crippen LogP contribution in [-0.2, 0) is 14.3 Å². The molecule has 0 aromatic rings. The lowest BCUT2D eigenvalue weighted by Gasteiger charge is -2.10. The van der Waals surface area contributed by atoms with Gasteiger partial charge in [0, 0.05) is 6.61 Å². The number of esters is 1. The number of ether oxygens (including phenoxy) is 2. The number of hydrogen-bond acceptors (Lipinski definition) is 3. The van der Waals surface area contributed by atoms with Gasteiger partial charge in [-0.2, -0.15) is 0 Å². The molecule has 2 atom stereocenters. The van der Waals surface area contributed by atoms with E-state index in [-0.39, 0.29) is 17.1 Å². The third kappa shape index (κ3) is 1.70. The van der Waals surface area contributed by atoms with Gasteiger partial charge in [-0.05, 0) is 6.92 Å². The van der Waals surface area contributed by atoms with Gasteiger partial charge in [0.2, 0.25) is 6.29 Å². The van der Waals surface area contributed by atoms with Crippen LogP contribution < -0.4 is 0 Å². The molecule has 2 unspecified atom stereocenters. The molecule has 10 heavy (non-hydrogen) atoms. The van der Waals surface area contributed by atoms with Crippen molar-refractivity contribution in [2.24, 2.45) is 0 Å². The quantitative estimate of drug-likeness (QED) is 0.503. The first-order valence-electron chi connectivity index (χ1n) is 3.19. The van der Waals surface area contributed by atoms with Crippen LogP contribution in [0.25, 0.3) is 0 Å². The van der Waals surface area contributed by atoms with Crippen LogP contribution in [0, 0.1) is 0 Å². The number of hydrogen-bond donors (Lipinski definition) is 0. The van der Waals surface area contributed by atoms with Crippen molar-refractivity contribution in [2.45, 2.75) is 24.5 Å². The molecule has 0 aliphatic carbocycles. The second kappa shape index (κ2) is 3.34. The van der Waals surface area contributed by atoms with Gasteiger partial charge in [-0.15, -0.1) is 0 Å². The van der Waals surface area contributed by atoms with Gasteiger partial charge in [-0.25, -0.2) is 0 Å². The summed E-state index contributed by atoms with van der Waals surface area (Å²) >= 11 is 3.28. The third-order valence-corrected chi connectivity index (χ3v) is 1.99. The van der Waals surface area contributed by atoms with Crippen LogP contribution in [-0.4, -0.2) is 23.7 Å². The molecule has 0 aromatic carbocycles. The predicted octanol–water partition coefficient (Wildman–Crippen LogP) is 1.06. The first-order chi connectivity index (χ1) is 4.74. The van der Waals surface area contributed by atoms with E-state index >= 15 is 0 Å². The Morgan fingerprint density at radius 3 is 3.00 bits per heavy atom. The molecule has 1 rings (SSSR count). The average molecular weight is 209 g/mol. The Morgan fingerprint density at radius 1 is 1.90 bits per heavy atom. The summed E-state index contributed by atoms with van der Waals surface area (Å²) in [6, 6.07) is 0. The van der Waals surface area contributed by atoms with Crippen molar-refractivity contribution >= 4 is 21.9 Å². The van der Waals surface area contributed by atoms with Gasteiger partial charge in [-0.1, -0.05) is 15.9 Å². The van der Waals surface area contributed by atoms with E-state index in [2.05, 4.69) is 15.9 Å². The van der Waals surface area contributed by atoms with Gasteiger partial charge in [0.15, 0.2) is 0 Å². The monoisotopic (exact) mass is 208 g/mol. The van der Waals surface area contributed by atoms with Crippen LogP contribution in [0.1, 0.15) is 13.3 Å². The standard InChI is InChI=1S/C6H9BrO3/c1-2-9-6-4(7)3-5(8)10-6/h4,6H,2-3H2,1H3. The smallest absolute Gasteiger partial charge is 0.309 e. The summed E-state index contributed by atoms with van der Waals surface area (Å²) in [4.78, 5) is 10.6. The maximum absolute atomic E-state index is 10.6. The van der Waals surface area contributed by atoms with Crippen molar-refractivity contribution in [1.82, 2.24) is 0 Å². The number of alkyl halides is 1. The molecule has 0 N–H and O–H groups in total. The van der Waals surface area contributed by atoms with E-state index < -0.39 is 0 Å². The summed E-state index contributed by atoms with van der Waals surface area (Å²) in [6.07, 6.45) is 0.0301. The second-order valence-corrected chi connectivity index (χ2v) is 3.21. The number of cyclic esters (lactones) is 1. The van der Waals surface area contributed by atoms with Crippen molar-refractivity contribution in [3.8, 4) is 0 Å². The summed E-state index contributed by atoms with van der Waals surface area (Å²) in [6.45, 7) is 2.44. The minimum atomic E-state index is -0.377. The zero-order valence-electron chi connectivity index (χ0n) is 5.67. The van der Waals surface area contributed by atoms with Crippen LogP contribution >= 0.6 is 15.9 Å². The fourth-order valence-electron chi connectivity index (χ4n) is 0.810. The Balaban J connectivity index is 2.38. The highest BCUT2D eigenvalue weighted by atomic mass is 79.9. The Morgan fingerprint density at radius 2 is 2.60 bits per heavy atom. The van der Waals surface area contributed by atoms with Gasteiger partial charge in [0.25, 0.3) is 0 Å². The van der Waals surface area contributed by atoms with Gasteiger partial charge < -0.3 is 9.47 Å². The Labute approximate surface area is 67.8 Å². The summed E-state index contributed by atoms with van der Waals surface area (Å²) in [5.74, 6) is -0.194. The molecule has 0 radical (unpaired) electrons. The summed E-state index contributed by atoms with van der Waals surface area (Å²) in [5, 5.41) is 0. The van der Waals surface area contributed by atoms with Crippen molar-refractivity contribution in [2.75, 3.05) is 6.61 Å². The second-order valence-electron chi connectivity index (χ2n) is 2.03. The highest BCUT2D eigenvalue weighted by Gasteiger charge is 2.32. The predicted molar refractivity (Wildman–Crippen MR) is 38.8 cm³/mol. The van der Waals surface area contributed by atoms with Gasteiger partial charge in [-0.3, -0.25) is 4.79 Å². The molecule has 0 aromatic heterocycles. The molecular formula is C6H9BrO3. The molecule has 1 saturated heterocycles. The Kier molecular flexibility index (Phi) is 2.68. The zero-order valence-corrected chi connectivity index (χ0v) is 7.26. The molecular weight excluding hydrogens is 200 g/mol. The molecule has 0 spiro atoms. The normalized spacial score (nSPS) is 32.4. The maximum atomic E-state index is 10.6. The van der Waals surface area contributed by atoms with Crippen molar-refractivity contribution in [3.63, 3.8) is 0 Å². The van der Waals surface area contributed by atoms with E-state index in [1.165, 1.54) is 0 Å². The maximum Gasteiger partial charge on any atom is 0.309 e. The molecule has 3 nitrogen and oxygen atoms in total. The summed E-state index contributed by atoms with van der Waals surface area (Å²) < 4.78 is 9.90. The number of halogens is 1. The zero-order chi connectivity index (χ0) is 7.56. The first kappa shape index (κ1) is 8.01. The topological polar surface area (TPSA) is 35.5 Å². The van der Waals surface area contributed by atoms with E-state index in [0.29, 0.717) is 13.0 Å². The van der Waals surface area contributed by atoms with Crippen molar-refractivity contribution < 1.29 is 14.3 Å². The van der Waals surface area contributed by atoms with E-state index in [9.17, 15) is 4.79 Å².